The number of carbonyl (C=O) groups excluding carboxylic acids is 2. The Bertz CT molecular complexity index is 518. The molecule has 0 fully saturated rings. The zero-order valence-electron chi connectivity index (χ0n) is 10.2. The van der Waals surface area contributed by atoms with E-state index in [0.717, 1.165) is 0 Å². The first-order valence-electron chi connectivity index (χ1n) is 5.43. The van der Waals surface area contributed by atoms with E-state index < -0.39 is 17.9 Å². The quantitative estimate of drug-likeness (QED) is 0.491. The van der Waals surface area contributed by atoms with Crippen molar-refractivity contribution in [3.8, 4) is 5.75 Å². The summed E-state index contributed by atoms with van der Waals surface area (Å²) in [7, 11) is 0. The second-order valence-electron chi connectivity index (χ2n) is 3.31. The minimum atomic E-state index is -1.31. The number of esters is 2. The van der Waals surface area contributed by atoms with Crippen molar-refractivity contribution >= 4 is 17.9 Å². The van der Waals surface area contributed by atoms with Crippen LogP contribution < -0.4 is 4.74 Å². The minimum Gasteiger partial charge on any atom is -0.493 e. The lowest BCUT2D eigenvalue weighted by atomic mass is 10.2. The lowest BCUT2D eigenvalue weighted by molar-refractivity contribution is -0.134. The van der Waals surface area contributed by atoms with Crippen LogP contribution in [0.15, 0.2) is 36.4 Å². The Morgan fingerprint density at radius 3 is 2.53 bits per heavy atom. The first-order valence-corrected chi connectivity index (χ1v) is 5.43. The van der Waals surface area contributed by atoms with E-state index in [1.54, 1.807) is 25.1 Å². The van der Waals surface area contributed by atoms with Crippen LogP contribution in [0.1, 0.15) is 17.3 Å². The van der Waals surface area contributed by atoms with Crippen LogP contribution in [0, 0.1) is 0 Å². The SMILES string of the molecule is CCOc1ccccc1C(=O)OC(=O)/C=C/C(=O)O. The van der Waals surface area contributed by atoms with Gasteiger partial charge in [-0.1, -0.05) is 12.1 Å². The van der Waals surface area contributed by atoms with E-state index in [1.807, 2.05) is 0 Å². The van der Waals surface area contributed by atoms with E-state index in [4.69, 9.17) is 9.84 Å². The topological polar surface area (TPSA) is 89.9 Å². The van der Waals surface area contributed by atoms with Crippen LogP contribution in [0.2, 0.25) is 0 Å². The van der Waals surface area contributed by atoms with E-state index in [-0.39, 0.29) is 5.56 Å². The molecule has 100 valence electrons. The van der Waals surface area contributed by atoms with Gasteiger partial charge in [-0.3, -0.25) is 0 Å². The Morgan fingerprint density at radius 2 is 1.89 bits per heavy atom. The predicted molar refractivity (Wildman–Crippen MR) is 64.8 cm³/mol. The summed E-state index contributed by atoms with van der Waals surface area (Å²) in [5.41, 5.74) is 0.0985. The Morgan fingerprint density at radius 1 is 1.21 bits per heavy atom. The molecule has 0 spiro atoms. The normalized spacial score (nSPS) is 10.2. The minimum absolute atomic E-state index is 0.0985. The molecule has 0 aliphatic rings. The first kappa shape index (κ1) is 14.4. The van der Waals surface area contributed by atoms with Gasteiger partial charge in [0, 0.05) is 12.2 Å². The maximum Gasteiger partial charge on any atom is 0.349 e. The molecule has 0 aromatic heterocycles. The van der Waals surface area contributed by atoms with Gasteiger partial charge in [0.2, 0.25) is 0 Å². The summed E-state index contributed by atoms with van der Waals surface area (Å²) in [5, 5.41) is 8.33. The summed E-state index contributed by atoms with van der Waals surface area (Å²) in [4.78, 5) is 33.1. The van der Waals surface area contributed by atoms with Crippen LogP contribution >= 0.6 is 0 Å². The molecule has 1 N–H and O–H groups in total. The fourth-order valence-electron chi connectivity index (χ4n) is 1.24. The van der Waals surface area contributed by atoms with Crippen molar-refractivity contribution in [2.75, 3.05) is 6.61 Å². The molecule has 19 heavy (non-hydrogen) atoms. The largest absolute Gasteiger partial charge is 0.493 e. The average molecular weight is 264 g/mol. The highest BCUT2D eigenvalue weighted by Crippen LogP contribution is 2.18. The summed E-state index contributed by atoms with van der Waals surface area (Å²) in [6.07, 6.45) is 1.24. The lowest BCUT2D eigenvalue weighted by Gasteiger charge is -2.07. The molecule has 0 aliphatic carbocycles. The second kappa shape index (κ2) is 6.95. The molecule has 0 saturated heterocycles. The predicted octanol–water partition coefficient (Wildman–Crippen LogP) is 1.41. The van der Waals surface area contributed by atoms with Crippen LogP contribution in [0.25, 0.3) is 0 Å². The van der Waals surface area contributed by atoms with Crippen molar-refractivity contribution in [2.45, 2.75) is 6.92 Å². The van der Waals surface area contributed by atoms with Gasteiger partial charge in [0.15, 0.2) is 0 Å². The monoisotopic (exact) mass is 264 g/mol. The molecule has 0 aliphatic heterocycles. The van der Waals surface area contributed by atoms with Gasteiger partial charge in [-0.2, -0.15) is 0 Å². The molecule has 1 aromatic carbocycles. The third-order valence-corrected chi connectivity index (χ3v) is 1.96. The summed E-state index contributed by atoms with van der Waals surface area (Å²) < 4.78 is 9.68. The third-order valence-electron chi connectivity index (χ3n) is 1.96. The number of hydrogen-bond donors (Lipinski definition) is 1. The van der Waals surface area contributed by atoms with Crippen molar-refractivity contribution in [2.24, 2.45) is 0 Å². The molecular weight excluding hydrogens is 252 g/mol. The Balaban J connectivity index is 2.78. The third kappa shape index (κ3) is 4.63. The van der Waals surface area contributed by atoms with E-state index in [0.29, 0.717) is 24.5 Å². The highest BCUT2D eigenvalue weighted by Gasteiger charge is 2.16. The second-order valence-corrected chi connectivity index (χ2v) is 3.31. The fraction of sp³-hybridized carbons (Fsp3) is 0.154. The number of rotatable bonds is 5. The van der Waals surface area contributed by atoms with Crippen molar-refractivity contribution in [3.63, 3.8) is 0 Å². The van der Waals surface area contributed by atoms with Gasteiger partial charge in [-0.15, -0.1) is 0 Å². The van der Waals surface area contributed by atoms with Crippen molar-refractivity contribution in [1.82, 2.24) is 0 Å². The zero-order valence-corrected chi connectivity index (χ0v) is 10.2. The molecule has 0 heterocycles. The number of hydrogen-bond acceptors (Lipinski definition) is 5. The fourth-order valence-corrected chi connectivity index (χ4v) is 1.24. The number of aliphatic carboxylic acids is 1. The number of carboxylic acids is 1. The standard InChI is InChI=1S/C13H12O6/c1-2-18-10-6-4-3-5-9(10)13(17)19-12(16)8-7-11(14)15/h3-8H,2H2,1H3,(H,14,15)/b8-7+. The van der Waals surface area contributed by atoms with Crippen LogP contribution in [0.5, 0.6) is 5.75 Å². The number of carboxylic acid groups (broad SMARTS) is 1. The molecule has 0 saturated carbocycles. The van der Waals surface area contributed by atoms with Gasteiger partial charge in [0.1, 0.15) is 11.3 Å². The molecule has 1 aromatic rings. The van der Waals surface area contributed by atoms with Crippen LogP contribution in [0.3, 0.4) is 0 Å². The lowest BCUT2D eigenvalue weighted by Crippen LogP contribution is -2.12. The zero-order chi connectivity index (χ0) is 14.3. The Labute approximate surface area is 109 Å². The summed E-state index contributed by atoms with van der Waals surface area (Å²) >= 11 is 0. The van der Waals surface area contributed by atoms with Gasteiger partial charge < -0.3 is 14.6 Å². The smallest absolute Gasteiger partial charge is 0.349 e. The van der Waals surface area contributed by atoms with Crippen LogP contribution in [0.4, 0.5) is 0 Å². The molecule has 0 unspecified atom stereocenters. The Kier molecular flexibility index (Phi) is 5.28. The first-order chi connectivity index (χ1) is 9.04. The maximum atomic E-state index is 11.7. The van der Waals surface area contributed by atoms with E-state index >= 15 is 0 Å². The molecule has 0 bridgehead atoms. The molecular formula is C13H12O6. The summed E-state index contributed by atoms with van der Waals surface area (Å²) in [6.45, 7) is 2.11. The molecule has 0 radical (unpaired) electrons. The number of benzene rings is 1. The van der Waals surface area contributed by atoms with E-state index in [1.165, 1.54) is 6.07 Å². The summed E-state index contributed by atoms with van der Waals surface area (Å²) in [6, 6.07) is 6.28. The van der Waals surface area contributed by atoms with Gasteiger partial charge in [0.05, 0.1) is 6.61 Å². The van der Waals surface area contributed by atoms with Gasteiger partial charge in [0.25, 0.3) is 0 Å². The number of para-hydroxylation sites is 1. The van der Waals surface area contributed by atoms with Crippen molar-refractivity contribution < 1.29 is 29.0 Å². The molecule has 6 heteroatoms. The highest BCUT2D eigenvalue weighted by molar-refractivity contribution is 6.02. The van der Waals surface area contributed by atoms with Gasteiger partial charge in [-0.05, 0) is 19.1 Å². The maximum absolute atomic E-state index is 11.7. The number of carbonyl (C=O) groups is 3. The van der Waals surface area contributed by atoms with E-state index in [2.05, 4.69) is 4.74 Å². The summed E-state index contributed by atoms with van der Waals surface area (Å²) in [5.74, 6) is -2.97. The van der Waals surface area contributed by atoms with Crippen molar-refractivity contribution in [3.05, 3.63) is 42.0 Å². The van der Waals surface area contributed by atoms with Gasteiger partial charge in [-0.25, -0.2) is 14.4 Å². The van der Waals surface area contributed by atoms with Crippen LogP contribution in [-0.2, 0) is 14.3 Å². The Hall–Kier alpha value is -2.63. The molecule has 0 amide bonds. The number of ether oxygens (including phenoxy) is 2. The molecule has 1 rings (SSSR count). The molecule has 0 atom stereocenters. The van der Waals surface area contributed by atoms with Crippen LogP contribution in [-0.4, -0.2) is 29.6 Å². The highest BCUT2D eigenvalue weighted by atomic mass is 16.6. The van der Waals surface area contributed by atoms with Crippen molar-refractivity contribution in [1.29, 1.82) is 0 Å². The van der Waals surface area contributed by atoms with E-state index in [9.17, 15) is 14.4 Å². The van der Waals surface area contributed by atoms with Gasteiger partial charge >= 0.3 is 17.9 Å². The molecule has 6 nitrogen and oxygen atoms in total. The average Bonchev–Trinajstić information content (AvgIpc) is 2.37.